The van der Waals surface area contributed by atoms with Crippen LogP contribution >= 0.6 is 31.9 Å². The quantitative estimate of drug-likeness (QED) is 0.466. The van der Waals surface area contributed by atoms with Gasteiger partial charge >= 0.3 is 5.56 Å². The van der Waals surface area contributed by atoms with E-state index in [2.05, 4.69) is 52.6 Å². The van der Waals surface area contributed by atoms with E-state index in [0.29, 0.717) is 25.9 Å². The molecule has 0 saturated carbocycles. The number of hydrogen-bond donors (Lipinski definition) is 2. The molecule has 0 fully saturated rings. The van der Waals surface area contributed by atoms with E-state index in [1.165, 1.54) is 17.8 Å². The number of benzene rings is 2. The number of nitrogens with one attached hydrogen (secondary N) is 2. The van der Waals surface area contributed by atoms with Gasteiger partial charge in [0.05, 0.1) is 23.4 Å². The van der Waals surface area contributed by atoms with Crippen LogP contribution in [0.1, 0.15) is 11.1 Å². The predicted molar refractivity (Wildman–Crippen MR) is 121 cm³/mol. The van der Waals surface area contributed by atoms with Crippen molar-refractivity contribution in [3.05, 3.63) is 72.9 Å². The molecule has 30 heavy (non-hydrogen) atoms. The van der Waals surface area contributed by atoms with Crippen molar-refractivity contribution in [1.82, 2.24) is 14.8 Å². The van der Waals surface area contributed by atoms with Crippen LogP contribution in [0.4, 0.5) is 23.1 Å². The predicted octanol–water partition coefficient (Wildman–Crippen LogP) is 4.60. The fraction of sp³-hybridized carbons (Fsp3) is 0.0500. The molecule has 0 spiro atoms. The third-order valence-corrected chi connectivity index (χ3v) is 5.14. The zero-order valence-corrected chi connectivity index (χ0v) is 18.7. The molecule has 0 unspecified atom stereocenters. The summed E-state index contributed by atoms with van der Waals surface area (Å²) in [4.78, 5) is 16.7. The van der Waals surface area contributed by atoms with Crippen molar-refractivity contribution in [3.8, 4) is 12.1 Å². The summed E-state index contributed by atoms with van der Waals surface area (Å²) in [7, 11) is 1.53. The Morgan fingerprint density at radius 1 is 1.10 bits per heavy atom. The van der Waals surface area contributed by atoms with Gasteiger partial charge in [0, 0.05) is 27.8 Å². The molecule has 0 amide bonds. The van der Waals surface area contributed by atoms with Gasteiger partial charge in [-0.2, -0.15) is 15.5 Å². The third-order valence-electron chi connectivity index (χ3n) is 3.89. The lowest BCUT2D eigenvalue weighted by Crippen LogP contribution is -2.25. The molecular weight excluding hydrogens is 514 g/mol. The van der Waals surface area contributed by atoms with E-state index in [9.17, 15) is 4.79 Å². The normalized spacial score (nSPS) is 10.4. The van der Waals surface area contributed by atoms with Crippen LogP contribution in [0.25, 0.3) is 6.08 Å². The first-order valence-electron chi connectivity index (χ1n) is 8.46. The molecule has 0 aliphatic rings. The Hall–Kier alpha value is -3.47. The largest absolute Gasteiger partial charge is 0.335 e. The highest BCUT2D eigenvalue weighted by atomic mass is 79.9. The monoisotopic (exact) mass is 525 g/mol. The van der Waals surface area contributed by atoms with Gasteiger partial charge in [-0.15, -0.1) is 5.10 Å². The first kappa shape index (κ1) is 21.2. The maximum absolute atomic E-state index is 12.4. The van der Waals surface area contributed by atoms with Crippen LogP contribution in [0.2, 0.25) is 0 Å². The topological polar surface area (TPSA) is 119 Å². The first-order valence-corrected chi connectivity index (χ1v) is 10.0. The summed E-state index contributed by atoms with van der Waals surface area (Å²) in [5, 5.41) is 27.8. The van der Waals surface area contributed by atoms with Gasteiger partial charge < -0.3 is 10.6 Å². The summed E-state index contributed by atoms with van der Waals surface area (Å²) in [6.45, 7) is 0. The molecule has 0 saturated heterocycles. The van der Waals surface area contributed by atoms with Gasteiger partial charge in [-0.25, -0.2) is 4.68 Å². The molecule has 0 atom stereocenters. The number of aromatic nitrogens is 3. The van der Waals surface area contributed by atoms with Crippen LogP contribution in [-0.4, -0.2) is 14.8 Å². The van der Waals surface area contributed by atoms with Gasteiger partial charge in [0.1, 0.15) is 0 Å². The lowest BCUT2D eigenvalue weighted by Gasteiger charge is -2.13. The van der Waals surface area contributed by atoms with Gasteiger partial charge in [-0.1, -0.05) is 0 Å². The van der Waals surface area contributed by atoms with Crippen molar-refractivity contribution in [2.24, 2.45) is 7.05 Å². The Morgan fingerprint density at radius 3 is 2.37 bits per heavy atom. The van der Waals surface area contributed by atoms with Crippen LogP contribution in [0, 0.1) is 22.7 Å². The lowest BCUT2D eigenvalue weighted by atomic mass is 10.2. The maximum atomic E-state index is 12.4. The molecule has 1 heterocycles. The average molecular weight is 527 g/mol. The number of halogens is 2. The average Bonchev–Trinajstić information content (AvgIpc) is 2.73. The van der Waals surface area contributed by atoms with Gasteiger partial charge in [0.25, 0.3) is 0 Å². The number of aryl methyl sites for hydroxylation is 1. The van der Waals surface area contributed by atoms with E-state index in [0.717, 1.165) is 5.56 Å². The Morgan fingerprint density at radius 2 is 1.77 bits per heavy atom. The van der Waals surface area contributed by atoms with E-state index >= 15 is 0 Å². The summed E-state index contributed by atoms with van der Waals surface area (Å²) < 4.78 is 2.61. The number of allylic oxidation sites excluding steroid dienone is 1. The van der Waals surface area contributed by atoms with Crippen molar-refractivity contribution >= 4 is 61.1 Å². The Balaban J connectivity index is 1.92. The number of rotatable bonds is 5. The standard InChI is InChI=1S/C20H13Br2N7O/c1-29-19(30)18(25-14-6-4-12(11-24)5-7-14)27-20(28-29)26-17-15(21)9-13(3-2-8-23)10-16(17)22/h2-7,9-10H,1H3,(H2,25,26,27,28)/b3-2+. The fourth-order valence-electron chi connectivity index (χ4n) is 2.47. The van der Waals surface area contributed by atoms with E-state index < -0.39 is 5.56 Å². The van der Waals surface area contributed by atoms with Crippen molar-refractivity contribution in [2.75, 3.05) is 10.6 Å². The molecule has 148 valence electrons. The van der Waals surface area contributed by atoms with Crippen molar-refractivity contribution < 1.29 is 0 Å². The smallest absolute Gasteiger partial charge is 0.309 e. The Kier molecular flexibility index (Phi) is 6.62. The minimum Gasteiger partial charge on any atom is -0.335 e. The Labute approximate surface area is 188 Å². The van der Waals surface area contributed by atoms with E-state index in [1.54, 1.807) is 30.3 Å². The summed E-state index contributed by atoms with van der Waals surface area (Å²) in [5.41, 5.74) is 2.21. The summed E-state index contributed by atoms with van der Waals surface area (Å²) >= 11 is 6.98. The number of anilines is 4. The second-order valence-corrected chi connectivity index (χ2v) is 7.68. The molecule has 3 rings (SSSR count). The van der Waals surface area contributed by atoms with E-state index in [1.807, 2.05) is 24.3 Å². The zero-order valence-electron chi connectivity index (χ0n) is 15.5. The van der Waals surface area contributed by atoms with Gasteiger partial charge in [-0.3, -0.25) is 4.79 Å². The molecule has 10 heteroatoms. The highest BCUT2D eigenvalue weighted by Crippen LogP contribution is 2.34. The number of nitriles is 2. The van der Waals surface area contributed by atoms with E-state index in [-0.39, 0.29) is 11.8 Å². The van der Waals surface area contributed by atoms with Crippen LogP contribution < -0.4 is 16.2 Å². The zero-order chi connectivity index (χ0) is 21.7. The van der Waals surface area contributed by atoms with Crippen LogP contribution in [0.3, 0.4) is 0 Å². The minimum atomic E-state index is -0.403. The van der Waals surface area contributed by atoms with Crippen molar-refractivity contribution in [3.63, 3.8) is 0 Å². The molecule has 0 bridgehead atoms. The fourth-order valence-corrected chi connectivity index (χ4v) is 3.89. The van der Waals surface area contributed by atoms with Crippen molar-refractivity contribution in [1.29, 1.82) is 10.5 Å². The van der Waals surface area contributed by atoms with Gasteiger partial charge in [0.15, 0.2) is 0 Å². The summed E-state index contributed by atoms with van der Waals surface area (Å²) in [6, 6.07) is 14.3. The van der Waals surface area contributed by atoms with Crippen molar-refractivity contribution in [2.45, 2.75) is 0 Å². The minimum absolute atomic E-state index is 0.0838. The second kappa shape index (κ2) is 9.35. The lowest BCUT2D eigenvalue weighted by molar-refractivity contribution is 0.699. The summed E-state index contributed by atoms with van der Waals surface area (Å²) in [5.74, 6) is 0.287. The van der Waals surface area contributed by atoms with Gasteiger partial charge in [0.2, 0.25) is 11.8 Å². The molecule has 0 aliphatic carbocycles. The molecule has 3 aromatic rings. The highest BCUT2D eigenvalue weighted by Gasteiger charge is 2.13. The molecule has 2 aromatic carbocycles. The SMILES string of the molecule is Cn1nc(Nc2c(Br)cc(/C=C/C#N)cc2Br)nc(Nc2ccc(C#N)cc2)c1=O. The second-order valence-electron chi connectivity index (χ2n) is 5.97. The molecule has 0 aliphatic heterocycles. The number of hydrogen-bond acceptors (Lipinski definition) is 7. The maximum Gasteiger partial charge on any atom is 0.309 e. The first-order chi connectivity index (χ1) is 14.4. The third kappa shape index (κ3) is 4.92. The molecule has 2 N–H and O–H groups in total. The molecular formula is C20H13Br2N7O. The summed E-state index contributed by atoms with van der Waals surface area (Å²) in [6.07, 6.45) is 3.07. The van der Waals surface area contributed by atoms with Crippen LogP contribution in [0.5, 0.6) is 0 Å². The van der Waals surface area contributed by atoms with E-state index in [4.69, 9.17) is 10.5 Å². The Bertz CT molecular complexity index is 1250. The molecule has 1 aromatic heterocycles. The van der Waals surface area contributed by atoms with Gasteiger partial charge in [-0.05, 0) is 79.9 Å². The molecule has 8 nitrogen and oxygen atoms in total. The van der Waals surface area contributed by atoms with Crippen LogP contribution in [0.15, 0.2) is 56.2 Å². The highest BCUT2D eigenvalue weighted by molar-refractivity contribution is 9.11. The van der Waals surface area contributed by atoms with Crippen LogP contribution in [-0.2, 0) is 7.05 Å². The number of nitrogens with zero attached hydrogens (tertiary/aromatic N) is 5. The molecule has 0 radical (unpaired) electrons.